The Labute approximate surface area is 145 Å². The van der Waals surface area contributed by atoms with Crippen molar-refractivity contribution in [3.63, 3.8) is 0 Å². The van der Waals surface area contributed by atoms with Gasteiger partial charge in [-0.1, -0.05) is 17.7 Å². The zero-order chi connectivity index (χ0) is 18.0. The van der Waals surface area contributed by atoms with Crippen molar-refractivity contribution >= 4 is 28.4 Å². The fourth-order valence-corrected chi connectivity index (χ4v) is 1.96. The molecule has 0 spiro atoms. The van der Waals surface area contributed by atoms with Crippen LogP contribution in [0, 0.1) is 0 Å². The fourth-order valence-electron chi connectivity index (χ4n) is 1.77. The lowest BCUT2D eigenvalue weighted by Gasteiger charge is -2.13. The summed E-state index contributed by atoms with van der Waals surface area (Å²) in [6, 6.07) is 6.31. The number of allylic oxidation sites excluding steroid dienone is 1. The number of aliphatic imine (C=N–C) groups is 1. The minimum atomic E-state index is -3.22. The fraction of sp³-hybridized carbons (Fsp3) is 0.412. The molecule has 0 bridgehead atoms. The van der Waals surface area contributed by atoms with Crippen LogP contribution in [0.4, 0.5) is 14.5 Å². The number of ether oxygens (including phenoxy) is 2. The molecule has 24 heavy (non-hydrogen) atoms. The van der Waals surface area contributed by atoms with Gasteiger partial charge in [0.25, 0.3) is 5.92 Å². The third-order valence-corrected chi connectivity index (χ3v) is 3.36. The van der Waals surface area contributed by atoms with Gasteiger partial charge in [-0.3, -0.25) is 0 Å². The predicted octanol–water partition coefficient (Wildman–Crippen LogP) is 4.89. The molecule has 0 atom stereocenters. The van der Waals surface area contributed by atoms with Crippen molar-refractivity contribution in [3.05, 3.63) is 36.4 Å². The van der Waals surface area contributed by atoms with Crippen LogP contribution in [0.3, 0.4) is 0 Å². The lowest BCUT2D eigenvalue weighted by atomic mass is 10.1. The van der Waals surface area contributed by atoms with Crippen LogP contribution in [0.5, 0.6) is 5.75 Å². The van der Waals surface area contributed by atoms with E-state index in [0.29, 0.717) is 17.9 Å². The van der Waals surface area contributed by atoms with Crippen LogP contribution in [0.25, 0.3) is 0 Å². The Morgan fingerprint density at radius 2 is 2.00 bits per heavy atom. The van der Waals surface area contributed by atoms with Gasteiger partial charge < -0.3 is 9.47 Å². The first-order chi connectivity index (χ1) is 11.4. The zero-order valence-corrected chi connectivity index (χ0v) is 14.4. The van der Waals surface area contributed by atoms with E-state index in [1.807, 2.05) is 0 Å². The van der Waals surface area contributed by atoms with Gasteiger partial charge in [0.2, 0.25) is 0 Å². The first-order valence-corrected chi connectivity index (χ1v) is 7.86. The van der Waals surface area contributed by atoms with Crippen molar-refractivity contribution in [2.75, 3.05) is 13.7 Å². The quantitative estimate of drug-likeness (QED) is 0.273. The monoisotopic (exact) mass is 359 g/mol. The lowest BCUT2D eigenvalue weighted by Crippen LogP contribution is -2.24. The largest absolute Gasteiger partial charge is 0.497 e. The molecular formula is C17H20ClF2NO3. The molecule has 132 valence electrons. The van der Waals surface area contributed by atoms with Gasteiger partial charge in [-0.25, -0.2) is 9.79 Å². The first-order valence-electron chi connectivity index (χ1n) is 7.49. The van der Waals surface area contributed by atoms with Crippen LogP contribution in [-0.4, -0.2) is 30.8 Å². The second-order valence-electron chi connectivity index (χ2n) is 4.85. The normalized spacial score (nSPS) is 12.5. The Morgan fingerprint density at radius 3 is 2.58 bits per heavy atom. The number of carbonyl (C=O) groups excluding carboxylic acids is 1. The average molecular weight is 360 g/mol. The number of carbonyl (C=O) groups is 1. The van der Waals surface area contributed by atoms with Crippen LogP contribution >= 0.6 is 11.6 Å². The Morgan fingerprint density at radius 1 is 1.33 bits per heavy atom. The van der Waals surface area contributed by atoms with E-state index in [-0.39, 0.29) is 13.0 Å². The molecule has 0 aliphatic heterocycles. The first kappa shape index (κ1) is 20.1. The van der Waals surface area contributed by atoms with Gasteiger partial charge in [0, 0.05) is 12.5 Å². The Bertz CT molecular complexity index is 586. The number of rotatable bonds is 9. The molecule has 1 rings (SSSR count). The molecular weight excluding hydrogens is 340 g/mol. The predicted molar refractivity (Wildman–Crippen MR) is 90.5 cm³/mol. The van der Waals surface area contributed by atoms with Crippen molar-refractivity contribution in [2.45, 2.75) is 32.1 Å². The molecule has 1 aromatic carbocycles. The standard InChI is InChI=1S/C17H20ClF2NO3/c1-3-24-15(22)7-5-4-6-12-17(19,20)16(18)21-13-8-10-14(23-2)11-9-13/h5,7-11H,3-4,6,12H2,1-2H3/b7-5+,21-16?. The van der Waals surface area contributed by atoms with E-state index in [1.54, 1.807) is 31.2 Å². The Balaban J connectivity index is 2.53. The van der Waals surface area contributed by atoms with Crippen LogP contribution in [0.2, 0.25) is 0 Å². The molecule has 7 heteroatoms. The number of hydrogen-bond acceptors (Lipinski definition) is 4. The Kier molecular flexibility index (Phi) is 8.40. The highest BCUT2D eigenvalue weighted by Crippen LogP contribution is 2.28. The number of halogens is 3. The number of unbranched alkanes of at least 4 members (excludes halogenated alkanes) is 1. The third-order valence-electron chi connectivity index (χ3n) is 3.00. The molecule has 0 aliphatic carbocycles. The Hall–Kier alpha value is -1.95. The second-order valence-corrected chi connectivity index (χ2v) is 5.21. The second kappa shape index (κ2) is 10.0. The molecule has 0 fully saturated rings. The summed E-state index contributed by atoms with van der Waals surface area (Å²) in [5.41, 5.74) is 0.322. The van der Waals surface area contributed by atoms with Crippen LogP contribution in [0.15, 0.2) is 41.4 Å². The SMILES string of the molecule is CCOC(=O)/C=C/CCCC(F)(F)C(Cl)=Nc1ccc(OC)cc1. The third kappa shape index (κ3) is 7.08. The van der Waals surface area contributed by atoms with Gasteiger partial charge in [0.05, 0.1) is 19.4 Å². The number of benzene rings is 1. The zero-order valence-electron chi connectivity index (χ0n) is 13.6. The van der Waals surface area contributed by atoms with Gasteiger partial charge in [-0.05, 0) is 44.0 Å². The molecule has 1 aromatic rings. The molecule has 0 unspecified atom stereocenters. The van der Waals surface area contributed by atoms with Gasteiger partial charge in [0.1, 0.15) is 5.75 Å². The topological polar surface area (TPSA) is 47.9 Å². The van der Waals surface area contributed by atoms with E-state index in [4.69, 9.17) is 16.3 Å². The maximum atomic E-state index is 14.0. The van der Waals surface area contributed by atoms with E-state index in [1.165, 1.54) is 19.3 Å². The van der Waals surface area contributed by atoms with Gasteiger partial charge in [-0.15, -0.1) is 0 Å². The minimum absolute atomic E-state index is 0.164. The maximum absolute atomic E-state index is 14.0. The van der Waals surface area contributed by atoms with E-state index >= 15 is 0 Å². The lowest BCUT2D eigenvalue weighted by molar-refractivity contribution is -0.137. The summed E-state index contributed by atoms with van der Waals surface area (Å²) in [5, 5.41) is -0.762. The highest BCUT2D eigenvalue weighted by molar-refractivity contribution is 6.67. The van der Waals surface area contributed by atoms with Crippen molar-refractivity contribution in [2.24, 2.45) is 4.99 Å². The van der Waals surface area contributed by atoms with Gasteiger partial charge in [-0.2, -0.15) is 8.78 Å². The summed E-state index contributed by atoms with van der Waals surface area (Å²) in [6.45, 7) is 1.97. The average Bonchev–Trinajstić information content (AvgIpc) is 2.55. The van der Waals surface area contributed by atoms with E-state index in [2.05, 4.69) is 9.73 Å². The van der Waals surface area contributed by atoms with Crippen molar-refractivity contribution in [1.82, 2.24) is 0 Å². The molecule has 0 amide bonds. The molecule has 0 aliphatic rings. The molecule has 0 aromatic heterocycles. The van der Waals surface area contributed by atoms with E-state index in [0.717, 1.165) is 0 Å². The molecule has 4 nitrogen and oxygen atoms in total. The summed E-state index contributed by atoms with van der Waals surface area (Å²) in [5.74, 6) is -3.10. The molecule has 0 heterocycles. The number of methoxy groups -OCH3 is 1. The number of nitrogens with zero attached hydrogens (tertiary/aromatic N) is 1. The maximum Gasteiger partial charge on any atom is 0.330 e. The minimum Gasteiger partial charge on any atom is -0.497 e. The van der Waals surface area contributed by atoms with E-state index < -0.39 is 23.5 Å². The smallest absolute Gasteiger partial charge is 0.330 e. The van der Waals surface area contributed by atoms with Crippen molar-refractivity contribution in [1.29, 1.82) is 0 Å². The number of esters is 1. The number of hydrogen-bond donors (Lipinski definition) is 0. The van der Waals surface area contributed by atoms with Crippen molar-refractivity contribution in [3.8, 4) is 5.75 Å². The van der Waals surface area contributed by atoms with Gasteiger partial charge in [0.15, 0.2) is 5.17 Å². The molecule has 0 N–H and O–H groups in total. The van der Waals surface area contributed by atoms with Crippen LogP contribution in [0.1, 0.15) is 26.2 Å². The molecule has 0 radical (unpaired) electrons. The van der Waals surface area contributed by atoms with E-state index in [9.17, 15) is 13.6 Å². The van der Waals surface area contributed by atoms with Crippen molar-refractivity contribution < 1.29 is 23.0 Å². The molecule has 0 saturated carbocycles. The van der Waals surface area contributed by atoms with Gasteiger partial charge >= 0.3 is 5.97 Å². The molecule has 0 saturated heterocycles. The summed E-state index contributed by atoms with van der Waals surface area (Å²) >= 11 is 5.66. The highest BCUT2D eigenvalue weighted by atomic mass is 35.5. The highest BCUT2D eigenvalue weighted by Gasteiger charge is 2.34. The summed E-state index contributed by atoms with van der Waals surface area (Å²) < 4.78 is 37.6. The van der Waals surface area contributed by atoms with Crippen LogP contribution in [-0.2, 0) is 9.53 Å². The summed E-state index contributed by atoms with van der Waals surface area (Å²) in [6.07, 6.45) is 2.76. The summed E-state index contributed by atoms with van der Waals surface area (Å²) in [4.78, 5) is 14.8. The van der Waals surface area contributed by atoms with Crippen LogP contribution < -0.4 is 4.74 Å². The number of alkyl halides is 2. The summed E-state index contributed by atoms with van der Waals surface area (Å²) in [7, 11) is 1.51.